The van der Waals surface area contributed by atoms with Gasteiger partial charge < -0.3 is 4.90 Å². The monoisotopic (exact) mass is 424 g/mol. The van der Waals surface area contributed by atoms with Gasteiger partial charge in [-0.15, -0.1) is 0 Å². The Hall–Kier alpha value is -3.44. The third-order valence-electron chi connectivity index (χ3n) is 6.28. The van der Waals surface area contributed by atoms with Crippen LogP contribution in [0.3, 0.4) is 0 Å². The van der Waals surface area contributed by atoms with Crippen LogP contribution in [-0.2, 0) is 17.8 Å². The second kappa shape index (κ2) is 9.37. The number of carbonyl (C=O) groups is 1. The summed E-state index contributed by atoms with van der Waals surface area (Å²) in [5.41, 5.74) is 3.49. The van der Waals surface area contributed by atoms with Gasteiger partial charge in [0.1, 0.15) is 0 Å². The van der Waals surface area contributed by atoms with Crippen LogP contribution in [0.4, 0.5) is 0 Å². The second-order valence-corrected chi connectivity index (χ2v) is 8.42. The number of nitrogens with zero attached hydrogens (tertiary/aromatic N) is 4. The molecular weight excluding hydrogens is 396 g/mol. The molecule has 0 saturated carbocycles. The summed E-state index contributed by atoms with van der Waals surface area (Å²) in [4.78, 5) is 17.2. The molecule has 0 N–H and O–H groups in total. The second-order valence-electron chi connectivity index (χ2n) is 8.42. The van der Waals surface area contributed by atoms with Crippen molar-refractivity contribution in [3.63, 3.8) is 0 Å². The molecule has 3 aromatic carbocycles. The highest BCUT2D eigenvalue weighted by atomic mass is 16.2. The van der Waals surface area contributed by atoms with Crippen LogP contribution in [0.2, 0.25) is 0 Å². The zero-order valence-electron chi connectivity index (χ0n) is 18.2. The van der Waals surface area contributed by atoms with Gasteiger partial charge in [0.2, 0.25) is 5.91 Å². The van der Waals surface area contributed by atoms with E-state index in [-0.39, 0.29) is 5.91 Å². The number of hydrogen-bond acceptors (Lipinski definition) is 3. The topological polar surface area (TPSA) is 41.4 Å². The van der Waals surface area contributed by atoms with Crippen molar-refractivity contribution in [1.82, 2.24) is 19.6 Å². The molecule has 0 unspecified atom stereocenters. The SMILES string of the molecule is O=C(CCc1cnn(-c2ccccc2)c1)N1CCN(Cc2cccc3ccccc23)CC1. The fourth-order valence-electron chi connectivity index (χ4n) is 4.45. The first kappa shape index (κ1) is 20.5. The number of piperazine rings is 1. The smallest absolute Gasteiger partial charge is 0.222 e. The van der Waals surface area contributed by atoms with Crippen molar-refractivity contribution < 1.29 is 4.79 Å². The van der Waals surface area contributed by atoms with Crippen molar-refractivity contribution in [2.24, 2.45) is 0 Å². The van der Waals surface area contributed by atoms with Crippen LogP contribution >= 0.6 is 0 Å². The summed E-state index contributed by atoms with van der Waals surface area (Å²) in [6, 6.07) is 25.1. The van der Waals surface area contributed by atoms with E-state index < -0.39 is 0 Å². The van der Waals surface area contributed by atoms with Crippen molar-refractivity contribution >= 4 is 16.7 Å². The average Bonchev–Trinajstić information content (AvgIpc) is 3.33. The Balaban J connectivity index is 1.12. The summed E-state index contributed by atoms with van der Waals surface area (Å²) in [6.45, 7) is 4.36. The summed E-state index contributed by atoms with van der Waals surface area (Å²) < 4.78 is 1.87. The maximum atomic E-state index is 12.8. The molecular formula is C27H28N4O. The lowest BCUT2D eigenvalue weighted by molar-refractivity contribution is -0.133. The highest BCUT2D eigenvalue weighted by molar-refractivity contribution is 5.85. The Morgan fingerprint density at radius 2 is 1.59 bits per heavy atom. The Kier molecular flexibility index (Phi) is 5.99. The number of aromatic nitrogens is 2. The number of amides is 1. The van der Waals surface area contributed by atoms with Gasteiger partial charge in [-0.05, 0) is 40.5 Å². The molecule has 1 fully saturated rings. The Morgan fingerprint density at radius 1 is 0.844 bits per heavy atom. The van der Waals surface area contributed by atoms with Gasteiger partial charge in [-0.1, -0.05) is 60.7 Å². The fourth-order valence-corrected chi connectivity index (χ4v) is 4.45. The van der Waals surface area contributed by atoms with E-state index >= 15 is 0 Å². The zero-order chi connectivity index (χ0) is 21.8. The van der Waals surface area contributed by atoms with E-state index in [4.69, 9.17) is 0 Å². The van der Waals surface area contributed by atoms with Crippen molar-refractivity contribution in [3.8, 4) is 5.69 Å². The molecule has 5 rings (SSSR count). The van der Waals surface area contributed by atoms with Crippen molar-refractivity contribution in [2.75, 3.05) is 26.2 Å². The Bertz CT molecular complexity index is 1190. The standard InChI is InChI=1S/C27H28N4O/c32-27(14-13-22-19-28-31(20-22)25-10-2-1-3-11-25)30-17-15-29(16-18-30)21-24-9-6-8-23-7-4-5-12-26(23)24/h1-12,19-20H,13-18,21H2. The molecule has 1 amide bonds. The molecule has 1 aliphatic rings. The quantitative estimate of drug-likeness (QED) is 0.463. The van der Waals surface area contributed by atoms with Crippen molar-refractivity contribution in [2.45, 2.75) is 19.4 Å². The van der Waals surface area contributed by atoms with Gasteiger partial charge in [0.15, 0.2) is 0 Å². The van der Waals surface area contributed by atoms with Crippen molar-refractivity contribution in [3.05, 3.63) is 96.3 Å². The van der Waals surface area contributed by atoms with Gasteiger partial charge in [0.05, 0.1) is 11.9 Å². The predicted octanol–water partition coefficient (Wildman–Crippen LogP) is 4.30. The van der Waals surface area contributed by atoms with Crippen LogP contribution in [-0.4, -0.2) is 51.7 Å². The van der Waals surface area contributed by atoms with Crippen LogP contribution in [0, 0.1) is 0 Å². The molecule has 5 nitrogen and oxygen atoms in total. The minimum atomic E-state index is 0.238. The van der Waals surface area contributed by atoms with Crippen LogP contribution in [0.1, 0.15) is 17.5 Å². The maximum Gasteiger partial charge on any atom is 0.222 e. The number of rotatable bonds is 6. The van der Waals surface area contributed by atoms with E-state index in [1.165, 1.54) is 16.3 Å². The van der Waals surface area contributed by atoms with E-state index in [1.807, 2.05) is 52.3 Å². The number of benzene rings is 3. The molecule has 4 aromatic rings. The van der Waals surface area contributed by atoms with Crippen LogP contribution in [0.25, 0.3) is 16.5 Å². The molecule has 0 spiro atoms. The molecule has 2 heterocycles. The lowest BCUT2D eigenvalue weighted by atomic mass is 10.0. The number of carbonyl (C=O) groups excluding carboxylic acids is 1. The number of aryl methyl sites for hydroxylation is 1. The summed E-state index contributed by atoms with van der Waals surface area (Å²) in [6.07, 6.45) is 5.14. The molecule has 0 bridgehead atoms. The Labute approximate surface area is 188 Å². The lowest BCUT2D eigenvalue weighted by Crippen LogP contribution is -2.48. The van der Waals surface area contributed by atoms with Gasteiger partial charge in [0, 0.05) is 45.3 Å². The molecule has 5 heteroatoms. The minimum absolute atomic E-state index is 0.238. The van der Waals surface area contributed by atoms with Gasteiger partial charge in [0.25, 0.3) is 0 Å². The molecule has 1 saturated heterocycles. The van der Waals surface area contributed by atoms with Gasteiger partial charge in [-0.25, -0.2) is 4.68 Å². The molecule has 0 atom stereocenters. The minimum Gasteiger partial charge on any atom is -0.340 e. The van der Waals surface area contributed by atoms with E-state index in [0.717, 1.165) is 50.4 Å². The van der Waals surface area contributed by atoms with E-state index in [2.05, 4.69) is 52.5 Å². The number of hydrogen-bond donors (Lipinski definition) is 0. The largest absolute Gasteiger partial charge is 0.340 e. The first-order valence-corrected chi connectivity index (χ1v) is 11.3. The average molecular weight is 425 g/mol. The van der Waals surface area contributed by atoms with Crippen molar-refractivity contribution in [1.29, 1.82) is 0 Å². The van der Waals surface area contributed by atoms with E-state index in [0.29, 0.717) is 6.42 Å². The lowest BCUT2D eigenvalue weighted by Gasteiger charge is -2.35. The Morgan fingerprint density at radius 3 is 2.44 bits per heavy atom. The third-order valence-corrected chi connectivity index (χ3v) is 6.28. The highest BCUT2D eigenvalue weighted by Crippen LogP contribution is 2.21. The molecule has 1 aliphatic heterocycles. The molecule has 0 aliphatic carbocycles. The summed E-state index contributed by atoms with van der Waals surface area (Å²) in [7, 11) is 0. The maximum absolute atomic E-state index is 12.8. The predicted molar refractivity (Wildman–Crippen MR) is 128 cm³/mol. The fraction of sp³-hybridized carbons (Fsp3) is 0.259. The third kappa shape index (κ3) is 4.58. The number of para-hydroxylation sites is 1. The first-order valence-electron chi connectivity index (χ1n) is 11.3. The molecule has 32 heavy (non-hydrogen) atoms. The zero-order valence-corrected chi connectivity index (χ0v) is 18.2. The van der Waals surface area contributed by atoms with Gasteiger partial charge >= 0.3 is 0 Å². The molecule has 1 aromatic heterocycles. The summed E-state index contributed by atoms with van der Waals surface area (Å²) in [5, 5.41) is 7.04. The normalized spacial score (nSPS) is 14.7. The summed E-state index contributed by atoms with van der Waals surface area (Å²) >= 11 is 0. The van der Waals surface area contributed by atoms with E-state index in [9.17, 15) is 4.79 Å². The summed E-state index contributed by atoms with van der Waals surface area (Å²) in [5.74, 6) is 0.238. The van der Waals surface area contributed by atoms with E-state index in [1.54, 1.807) is 0 Å². The molecule has 0 radical (unpaired) electrons. The van der Waals surface area contributed by atoms with Gasteiger partial charge in [-0.2, -0.15) is 5.10 Å². The van der Waals surface area contributed by atoms with Crippen LogP contribution in [0.15, 0.2) is 85.2 Å². The van der Waals surface area contributed by atoms with Crippen LogP contribution < -0.4 is 0 Å². The van der Waals surface area contributed by atoms with Gasteiger partial charge in [-0.3, -0.25) is 9.69 Å². The first-order chi connectivity index (χ1) is 15.8. The highest BCUT2D eigenvalue weighted by Gasteiger charge is 2.21. The number of fused-ring (bicyclic) bond motifs is 1. The van der Waals surface area contributed by atoms with Crippen LogP contribution in [0.5, 0.6) is 0 Å². The molecule has 162 valence electrons.